The summed E-state index contributed by atoms with van der Waals surface area (Å²) in [6.07, 6.45) is 3.25. The minimum Gasteiger partial charge on any atom is -0.507 e. The van der Waals surface area contributed by atoms with Crippen molar-refractivity contribution in [1.29, 1.82) is 0 Å². The molecule has 0 aliphatic carbocycles. The smallest absolute Gasteiger partial charge is 0.156 e. The van der Waals surface area contributed by atoms with E-state index in [0.29, 0.717) is 5.56 Å². The second-order valence-electron chi connectivity index (χ2n) is 3.69. The van der Waals surface area contributed by atoms with Crippen molar-refractivity contribution < 1.29 is 9.90 Å². The van der Waals surface area contributed by atoms with Gasteiger partial charge in [0.15, 0.2) is 5.78 Å². The topological polar surface area (TPSA) is 37.3 Å². The number of ketones is 1. The van der Waals surface area contributed by atoms with Gasteiger partial charge in [0.2, 0.25) is 0 Å². The van der Waals surface area contributed by atoms with Crippen LogP contribution in [0, 0.1) is 0 Å². The molecule has 0 aliphatic heterocycles. The number of hydrogen-bond acceptors (Lipinski definition) is 2. The second-order valence-corrected chi connectivity index (χ2v) is 3.69. The average Bonchev–Trinajstić information content (AvgIpc) is 2.27. The van der Waals surface area contributed by atoms with Crippen molar-refractivity contribution in [2.75, 3.05) is 0 Å². The van der Waals surface area contributed by atoms with Crippen molar-refractivity contribution in [3.8, 4) is 0 Å². The van der Waals surface area contributed by atoms with Crippen molar-refractivity contribution in [3.63, 3.8) is 0 Å². The van der Waals surface area contributed by atoms with Gasteiger partial charge in [-0.1, -0.05) is 30.3 Å². The first-order valence-corrected chi connectivity index (χ1v) is 5.19. The van der Waals surface area contributed by atoms with Gasteiger partial charge in [0.05, 0.1) is 0 Å². The second kappa shape index (κ2) is 5.31. The molecular formula is C14H16O2. The lowest BCUT2D eigenvalue weighted by Gasteiger charge is -2.03. The number of carbonyl (C=O) groups is 1. The van der Waals surface area contributed by atoms with Gasteiger partial charge in [-0.2, -0.15) is 0 Å². The number of aliphatic hydroxyl groups excluding tert-OH is 1. The van der Waals surface area contributed by atoms with Crippen LogP contribution in [0.4, 0.5) is 0 Å². The number of aliphatic hydroxyl groups is 1. The first kappa shape index (κ1) is 12.2. The van der Waals surface area contributed by atoms with Crippen molar-refractivity contribution in [1.82, 2.24) is 0 Å². The maximum Gasteiger partial charge on any atom is 0.156 e. The molecule has 16 heavy (non-hydrogen) atoms. The fourth-order valence-corrected chi connectivity index (χ4v) is 1.35. The summed E-state index contributed by atoms with van der Waals surface area (Å²) in [6, 6.07) is 7.46. The Labute approximate surface area is 95.9 Å². The van der Waals surface area contributed by atoms with Gasteiger partial charge in [-0.25, -0.2) is 0 Å². The van der Waals surface area contributed by atoms with Crippen molar-refractivity contribution in [2.45, 2.75) is 20.8 Å². The van der Waals surface area contributed by atoms with Gasteiger partial charge in [-0.15, -0.1) is 0 Å². The van der Waals surface area contributed by atoms with E-state index in [9.17, 15) is 9.90 Å². The Kier molecular flexibility index (Phi) is 4.06. The van der Waals surface area contributed by atoms with Crippen LogP contribution >= 0.6 is 0 Å². The zero-order valence-electron chi connectivity index (χ0n) is 9.82. The number of allylic oxidation sites excluding steroid dienone is 3. The third-order valence-corrected chi connectivity index (χ3v) is 2.41. The maximum atomic E-state index is 10.8. The van der Waals surface area contributed by atoms with E-state index < -0.39 is 0 Å². The van der Waals surface area contributed by atoms with Crippen LogP contribution in [0.1, 0.15) is 31.9 Å². The first-order valence-electron chi connectivity index (χ1n) is 5.19. The molecule has 84 valence electrons. The van der Waals surface area contributed by atoms with Crippen molar-refractivity contribution in [2.24, 2.45) is 0 Å². The van der Waals surface area contributed by atoms with Crippen molar-refractivity contribution >= 4 is 17.1 Å². The fourth-order valence-electron chi connectivity index (χ4n) is 1.35. The molecule has 1 aromatic rings. The monoisotopic (exact) mass is 216 g/mol. The molecular weight excluding hydrogens is 200 g/mol. The standard InChI is InChI=1S/C14H16O2/c1-4-10(2)12-5-7-13(8-6-12)14(16)9-11(3)15/h4-9,16H,1-3H3/b10-4?,14-9-. The molecule has 0 spiro atoms. The SMILES string of the molecule is CC=C(C)c1ccc(/C(O)=C/C(C)=O)cc1. The minimum absolute atomic E-state index is 0.0113. The number of hydrogen-bond donors (Lipinski definition) is 1. The predicted molar refractivity (Wildman–Crippen MR) is 67.1 cm³/mol. The van der Waals surface area contributed by atoms with E-state index in [1.165, 1.54) is 18.6 Å². The molecule has 0 aromatic heterocycles. The number of benzene rings is 1. The molecule has 1 aromatic carbocycles. The third kappa shape index (κ3) is 3.09. The molecule has 1 N–H and O–H groups in total. The maximum absolute atomic E-state index is 10.8. The minimum atomic E-state index is -0.161. The van der Waals surface area contributed by atoms with Crippen LogP contribution in [-0.4, -0.2) is 10.9 Å². The van der Waals surface area contributed by atoms with E-state index in [1.54, 1.807) is 12.1 Å². The highest BCUT2D eigenvalue weighted by atomic mass is 16.3. The fraction of sp³-hybridized carbons (Fsp3) is 0.214. The van der Waals surface area contributed by atoms with Crippen LogP contribution < -0.4 is 0 Å². The summed E-state index contributed by atoms with van der Waals surface area (Å²) in [6.45, 7) is 5.42. The summed E-state index contributed by atoms with van der Waals surface area (Å²) in [7, 11) is 0. The Bertz CT molecular complexity index is 436. The number of rotatable bonds is 3. The van der Waals surface area contributed by atoms with E-state index in [1.807, 2.05) is 32.1 Å². The molecule has 0 radical (unpaired) electrons. The van der Waals surface area contributed by atoms with Crippen LogP contribution in [-0.2, 0) is 4.79 Å². The van der Waals surface area contributed by atoms with Gasteiger partial charge in [-0.3, -0.25) is 4.79 Å². The van der Waals surface area contributed by atoms with Crippen LogP contribution in [0.15, 0.2) is 36.4 Å². The predicted octanol–water partition coefficient (Wildman–Crippen LogP) is 3.60. The lowest BCUT2D eigenvalue weighted by Crippen LogP contribution is -1.89. The average molecular weight is 216 g/mol. The normalized spacial score (nSPS) is 12.7. The quantitative estimate of drug-likeness (QED) is 0.619. The summed E-state index contributed by atoms with van der Waals surface area (Å²) in [5, 5.41) is 9.60. The van der Waals surface area contributed by atoms with Gasteiger partial charge in [0, 0.05) is 11.6 Å². The van der Waals surface area contributed by atoms with Crippen molar-refractivity contribution in [3.05, 3.63) is 47.5 Å². The Morgan fingerprint density at radius 3 is 2.06 bits per heavy atom. The molecule has 0 amide bonds. The summed E-state index contributed by atoms with van der Waals surface area (Å²) >= 11 is 0. The van der Waals surface area contributed by atoms with E-state index >= 15 is 0 Å². The Hall–Kier alpha value is -1.83. The van der Waals surface area contributed by atoms with Crippen LogP contribution in [0.2, 0.25) is 0 Å². The molecule has 0 atom stereocenters. The van der Waals surface area contributed by atoms with E-state index in [-0.39, 0.29) is 11.5 Å². The van der Waals surface area contributed by atoms with Crippen LogP contribution in [0.3, 0.4) is 0 Å². The van der Waals surface area contributed by atoms with E-state index in [0.717, 1.165) is 5.56 Å². The molecule has 0 heterocycles. The highest BCUT2D eigenvalue weighted by molar-refractivity contribution is 5.93. The Morgan fingerprint density at radius 1 is 1.12 bits per heavy atom. The summed E-state index contributed by atoms with van der Waals surface area (Å²) in [5.74, 6) is -0.150. The molecule has 0 fully saturated rings. The summed E-state index contributed by atoms with van der Waals surface area (Å²) in [4.78, 5) is 10.8. The summed E-state index contributed by atoms with van der Waals surface area (Å²) < 4.78 is 0. The Morgan fingerprint density at radius 2 is 1.62 bits per heavy atom. The van der Waals surface area contributed by atoms with E-state index in [2.05, 4.69) is 0 Å². The van der Waals surface area contributed by atoms with Gasteiger partial charge >= 0.3 is 0 Å². The lowest BCUT2D eigenvalue weighted by atomic mass is 10.0. The zero-order valence-corrected chi connectivity index (χ0v) is 9.82. The Balaban J connectivity index is 3.00. The molecule has 0 saturated heterocycles. The van der Waals surface area contributed by atoms with Crippen LogP contribution in [0.25, 0.3) is 11.3 Å². The molecule has 2 heteroatoms. The van der Waals surface area contributed by atoms with Gasteiger partial charge < -0.3 is 5.11 Å². The molecule has 2 nitrogen and oxygen atoms in total. The van der Waals surface area contributed by atoms with Gasteiger partial charge in [0.25, 0.3) is 0 Å². The molecule has 0 aliphatic rings. The van der Waals surface area contributed by atoms with Crippen LogP contribution in [0.5, 0.6) is 0 Å². The highest BCUT2D eigenvalue weighted by Gasteiger charge is 2.01. The largest absolute Gasteiger partial charge is 0.507 e. The lowest BCUT2D eigenvalue weighted by molar-refractivity contribution is -0.112. The zero-order chi connectivity index (χ0) is 12.1. The molecule has 0 saturated carbocycles. The highest BCUT2D eigenvalue weighted by Crippen LogP contribution is 2.17. The number of carbonyl (C=O) groups excluding carboxylic acids is 1. The molecule has 0 bridgehead atoms. The van der Waals surface area contributed by atoms with E-state index in [4.69, 9.17) is 0 Å². The van der Waals surface area contributed by atoms with Gasteiger partial charge in [-0.05, 0) is 31.9 Å². The summed E-state index contributed by atoms with van der Waals surface area (Å²) in [5.41, 5.74) is 2.95. The molecule has 0 unspecified atom stereocenters. The van der Waals surface area contributed by atoms with Gasteiger partial charge in [0.1, 0.15) is 5.76 Å². The third-order valence-electron chi connectivity index (χ3n) is 2.41. The molecule has 1 rings (SSSR count). The first-order chi connectivity index (χ1) is 7.54.